The topological polar surface area (TPSA) is 25.2 Å². The molecule has 1 fully saturated rings. The van der Waals surface area contributed by atoms with E-state index in [1.165, 1.54) is 40.3 Å². The Morgan fingerprint density at radius 3 is 2.62 bits per heavy atom. The van der Waals surface area contributed by atoms with Crippen molar-refractivity contribution < 1.29 is 4.42 Å². The van der Waals surface area contributed by atoms with E-state index in [1.54, 1.807) is 6.26 Å². The molecule has 1 aliphatic rings. The molecule has 1 aliphatic carbocycles. The lowest BCUT2D eigenvalue weighted by molar-refractivity contribution is 0.483. The lowest BCUT2D eigenvalue weighted by atomic mass is 9.96. The summed E-state index contributed by atoms with van der Waals surface area (Å²) in [5.74, 6) is 1.04. The summed E-state index contributed by atoms with van der Waals surface area (Å²) in [5.41, 5.74) is 3.78. The number of nitrogens with one attached hydrogen (secondary N) is 1. The zero-order chi connectivity index (χ0) is 14.2. The summed E-state index contributed by atoms with van der Waals surface area (Å²) in [6.45, 7) is 2.98. The minimum absolute atomic E-state index is 0.692. The predicted molar refractivity (Wildman–Crippen MR) is 86.2 cm³/mol. The van der Waals surface area contributed by atoms with Crippen molar-refractivity contribution in [3.8, 4) is 11.1 Å². The van der Waals surface area contributed by atoms with Gasteiger partial charge in [0.2, 0.25) is 0 Å². The number of fused-ring (bicyclic) bond motifs is 1. The van der Waals surface area contributed by atoms with Crippen LogP contribution in [0.5, 0.6) is 0 Å². The molecule has 0 unspecified atom stereocenters. The van der Waals surface area contributed by atoms with Crippen molar-refractivity contribution in [3.63, 3.8) is 0 Å². The first kappa shape index (κ1) is 12.7. The normalized spacial score (nSPS) is 14.7. The number of benzene rings is 2. The highest BCUT2D eigenvalue weighted by atomic mass is 16.3. The second-order valence-electron chi connectivity index (χ2n) is 5.89. The van der Waals surface area contributed by atoms with Gasteiger partial charge in [-0.3, -0.25) is 0 Å². The highest BCUT2D eigenvalue weighted by molar-refractivity contribution is 5.98. The Morgan fingerprint density at radius 1 is 1.00 bits per heavy atom. The smallest absolute Gasteiger partial charge is 0.125 e. The Kier molecular flexibility index (Phi) is 3.04. The molecule has 1 saturated carbocycles. The fourth-order valence-corrected chi connectivity index (χ4v) is 2.93. The first-order valence-electron chi connectivity index (χ1n) is 7.61. The molecular weight excluding hydrogens is 258 g/mol. The fraction of sp³-hybridized carbons (Fsp3) is 0.263. The molecule has 0 radical (unpaired) electrons. The van der Waals surface area contributed by atoms with Gasteiger partial charge in [-0.15, -0.1) is 0 Å². The Morgan fingerprint density at radius 2 is 1.81 bits per heavy atom. The summed E-state index contributed by atoms with van der Waals surface area (Å²) in [6.07, 6.45) is 4.39. The molecule has 2 heteroatoms. The van der Waals surface area contributed by atoms with Crippen molar-refractivity contribution in [1.82, 2.24) is 5.32 Å². The van der Waals surface area contributed by atoms with Crippen LogP contribution in [0, 0.1) is 6.92 Å². The summed E-state index contributed by atoms with van der Waals surface area (Å²) in [4.78, 5) is 0. The van der Waals surface area contributed by atoms with Crippen LogP contribution in [0.4, 0.5) is 0 Å². The van der Waals surface area contributed by atoms with Gasteiger partial charge in [0.15, 0.2) is 0 Å². The maximum absolute atomic E-state index is 5.71. The van der Waals surface area contributed by atoms with Crippen LogP contribution in [0.3, 0.4) is 0 Å². The minimum Gasteiger partial charge on any atom is -0.467 e. The molecule has 0 amide bonds. The molecule has 21 heavy (non-hydrogen) atoms. The van der Waals surface area contributed by atoms with Crippen LogP contribution in [0.15, 0.2) is 53.1 Å². The molecule has 1 heterocycles. The Hall–Kier alpha value is -2.06. The number of hydrogen-bond acceptors (Lipinski definition) is 2. The van der Waals surface area contributed by atoms with Gasteiger partial charge in [0.1, 0.15) is 5.76 Å². The summed E-state index contributed by atoms with van der Waals surface area (Å²) in [6, 6.07) is 15.8. The molecule has 0 saturated heterocycles. The second-order valence-corrected chi connectivity index (χ2v) is 5.89. The van der Waals surface area contributed by atoms with Crippen LogP contribution in [-0.4, -0.2) is 6.04 Å². The van der Waals surface area contributed by atoms with E-state index in [0.717, 1.165) is 12.3 Å². The molecule has 1 aromatic heterocycles. The first-order chi connectivity index (χ1) is 10.3. The maximum Gasteiger partial charge on any atom is 0.125 e. The first-order valence-corrected chi connectivity index (χ1v) is 7.61. The molecule has 1 N–H and O–H groups in total. The minimum atomic E-state index is 0.692. The van der Waals surface area contributed by atoms with E-state index in [4.69, 9.17) is 4.42 Å². The average Bonchev–Trinajstić information content (AvgIpc) is 3.23. The predicted octanol–water partition coefficient (Wildman–Crippen LogP) is 4.66. The van der Waals surface area contributed by atoms with Gasteiger partial charge in [-0.05, 0) is 47.7 Å². The van der Waals surface area contributed by atoms with Crippen molar-refractivity contribution in [2.24, 2.45) is 0 Å². The molecule has 3 aromatic rings. The second kappa shape index (κ2) is 5.05. The monoisotopic (exact) mass is 277 g/mol. The molecule has 2 nitrogen and oxygen atoms in total. The third-order valence-electron chi connectivity index (χ3n) is 4.31. The zero-order valence-electron chi connectivity index (χ0n) is 12.2. The van der Waals surface area contributed by atoms with Crippen molar-refractivity contribution >= 4 is 10.8 Å². The highest BCUT2D eigenvalue weighted by Gasteiger charge is 2.21. The van der Waals surface area contributed by atoms with Gasteiger partial charge in [0.05, 0.1) is 12.8 Å². The van der Waals surface area contributed by atoms with Gasteiger partial charge in [0, 0.05) is 11.6 Å². The summed E-state index contributed by atoms with van der Waals surface area (Å²) in [7, 11) is 0. The Bertz CT molecular complexity index is 783. The van der Waals surface area contributed by atoms with E-state index in [2.05, 4.69) is 54.7 Å². The molecule has 4 rings (SSSR count). The number of aryl methyl sites for hydroxylation is 1. The Labute approximate surface area is 124 Å². The van der Waals surface area contributed by atoms with Crippen LogP contribution in [0.25, 0.3) is 21.9 Å². The van der Waals surface area contributed by atoms with Crippen LogP contribution < -0.4 is 5.32 Å². The summed E-state index contributed by atoms with van der Waals surface area (Å²) < 4.78 is 5.71. The van der Waals surface area contributed by atoms with Gasteiger partial charge in [0.25, 0.3) is 0 Å². The van der Waals surface area contributed by atoms with Gasteiger partial charge in [-0.25, -0.2) is 0 Å². The lowest BCUT2D eigenvalue weighted by Gasteiger charge is -2.10. The van der Waals surface area contributed by atoms with E-state index in [0.29, 0.717) is 6.04 Å². The van der Waals surface area contributed by atoms with E-state index in [9.17, 15) is 0 Å². The summed E-state index contributed by atoms with van der Waals surface area (Å²) in [5, 5.41) is 6.15. The Balaban J connectivity index is 1.79. The lowest BCUT2D eigenvalue weighted by Crippen LogP contribution is -2.15. The SMILES string of the molecule is Cc1ccc(-c2ccoc2CNC2CC2)c2ccccc12. The van der Waals surface area contributed by atoms with Gasteiger partial charge in [-0.1, -0.05) is 36.4 Å². The molecule has 0 aliphatic heterocycles. The van der Waals surface area contributed by atoms with Crippen LogP contribution >= 0.6 is 0 Å². The van der Waals surface area contributed by atoms with Crippen molar-refractivity contribution in [1.29, 1.82) is 0 Å². The molecule has 0 atom stereocenters. The van der Waals surface area contributed by atoms with Gasteiger partial charge in [-0.2, -0.15) is 0 Å². The molecule has 0 spiro atoms. The van der Waals surface area contributed by atoms with Gasteiger partial charge >= 0.3 is 0 Å². The number of hydrogen-bond donors (Lipinski definition) is 1. The van der Waals surface area contributed by atoms with Crippen LogP contribution in [0.1, 0.15) is 24.2 Å². The van der Waals surface area contributed by atoms with E-state index >= 15 is 0 Å². The average molecular weight is 277 g/mol. The number of rotatable bonds is 4. The largest absolute Gasteiger partial charge is 0.467 e. The van der Waals surface area contributed by atoms with E-state index < -0.39 is 0 Å². The van der Waals surface area contributed by atoms with Crippen molar-refractivity contribution in [2.75, 3.05) is 0 Å². The third kappa shape index (κ3) is 2.36. The van der Waals surface area contributed by atoms with E-state index in [-0.39, 0.29) is 0 Å². The third-order valence-corrected chi connectivity index (χ3v) is 4.31. The van der Waals surface area contributed by atoms with Crippen LogP contribution in [0.2, 0.25) is 0 Å². The number of furan rings is 1. The standard InChI is InChI=1S/C19H19NO/c1-13-6-9-17(16-5-3-2-4-15(13)16)18-10-11-21-19(18)12-20-14-7-8-14/h2-6,9-11,14,20H,7-8,12H2,1H3. The fourth-order valence-electron chi connectivity index (χ4n) is 2.93. The molecular formula is C19H19NO. The summed E-state index contributed by atoms with van der Waals surface area (Å²) >= 11 is 0. The maximum atomic E-state index is 5.71. The quantitative estimate of drug-likeness (QED) is 0.750. The molecule has 2 aromatic carbocycles. The van der Waals surface area contributed by atoms with Gasteiger partial charge < -0.3 is 9.73 Å². The van der Waals surface area contributed by atoms with Crippen molar-refractivity contribution in [3.05, 3.63) is 60.1 Å². The van der Waals surface area contributed by atoms with E-state index in [1.807, 2.05) is 0 Å². The van der Waals surface area contributed by atoms with Crippen LogP contribution in [-0.2, 0) is 6.54 Å². The molecule has 0 bridgehead atoms. The zero-order valence-corrected chi connectivity index (χ0v) is 12.2. The highest BCUT2D eigenvalue weighted by Crippen LogP contribution is 2.33. The molecule has 106 valence electrons. The van der Waals surface area contributed by atoms with Crippen molar-refractivity contribution in [2.45, 2.75) is 32.4 Å².